The van der Waals surface area contributed by atoms with Crippen LogP contribution in [-0.2, 0) is 0 Å². The Balaban J connectivity index is 1.18. The smallest absolute Gasteiger partial charge is 0.229 e. The van der Waals surface area contributed by atoms with Gasteiger partial charge in [-0.1, -0.05) is 12.1 Å². The van der Waals surface area contributed by atoms with Crippen LogP contribution in [0.25, 0.3) is 10.2 Å². The van der Waals surface area contributed by atoms with Gasteiger partial charge in [-0.3, -0.25) is 4.90 Å². The van der Waals surface area contributed by atoms with Gasteiger partial charge >= 0.3 is 0 Å². The maximum atomic E-state index is 5.83. The van der Waals surface area contributed by atoms with E-state index in [1.165, 1.54) is 49.6 Å². The molecule has 210 valence electrons. The van der Waals surface area contributed by atoms with Crippen LogP contribution in [-0.4, -0.2) is 85.5 Å². The third-order valence-electron chi connectivity index (χ3n) is 7.98. The predicted octanol–water partition coefficient (Wildman–Crippen LogP) is 6.13. The minimum atomic E-state index is 0.536. The van der Waals surface area contributed by atoms with Crippen LogP contribution in [0.15, 0.2) is 58.8 Å². The van der Waals surface area contributed by atoms with Crippen LogP contribution in [0, 0.1) is 0 Å². The fourth-order valence-electron chi connectivity index (χ4n) is 5.66. The molecule has 10 heteroatoms. The molecule has 0 atom stereocenters. The number of nitrogens with one attached hydrogen (secondary N) is 2. The van der Waals surface area contributed by atoms with Crippen molar-refractivity contribution in [2.24, 2.45) is 0 Å². The molecule has 40 heavy (non-hydrogen) atoms. The van der Waals surface area contributed by atoms with Gasteiger partial charge in [-0.05, 0) is 61.9 Å². The monoisotopic (exact) mass is 575 g/mol. The van der Waals surface area contributed by atoms with Crippen LogP contribution in [0.5, 0.6) is 5.75 Å². The number of thioether (sulfide) groups is 1. The van der Waals surface area contributed by atoms with Crippen molar-refractivity contribution >= 4 is 62.1 Å². The molecule has 0 bridgehead atoms. The lowest BCUT2D eigenvalue weighted by Gasteiger charge is -2.42. The quantitative estimate of drug-likeness (QED) is 0.242. The molecule has 8 nitrogen and oxygen atoms in total. The van der Waals surface area contributed by atoms with Gasteiger partial charge in [0.1, 0.15) is 5.75 Å². The molecule has 2 aromatic carbocycles. The first-order chi connectivity index (χ1) is 19.6. The minimum absolute atomic E-state index is 0.536. The van der Waals surface area contributed by atoms with Crippen molar-refractivity contribution in [1.82, 2.24) is 19.8 Å². The Morgan fingerprint density at radius 2 is 1.73 bits per heavy atom. The summed E-state index contributed by atoms with van der Waals surface area (Å²) in [6.45, 7) is 6.87. The molecule has 0 unspecified atom stereocenters. The van der Waals surface area contributed by atoms with Crippen LogP contribution >= 0.6 is 23.1 Å². The Bertz CT molecular complexity index is 1450. The number of hydrogen-bond donors (Lipinski definition) is 2. The number of benzene rings is 2. The number of thiophene rings is 1. The summed E-state index contributed by atoms with van der Waals surface area (Å²) in [6, 6.07) is 17.4. The topological polar surface area (TPSA) is 68.8 Å². The molecule has 0 radical (unpaired) electrons. The van der Waals surface area contributed by atoms with E-state index in [9.17, 15) is 0 Å². The van der Waals surface area contributed by atoms with Crippen LogP contribution in [0.1, 0.15) is 12.8 Å². The van der Waals surface area contributed by atoms with Crippen molar-refractivity contribution in [3.05, 3.63) is 53.9 Å². The zero-order chi connectivity index (χ0) is 27.5. The van der Waals surface area contributed by atoms with Crippen LogP contribution in [0.4, 0.5) is 28.8 Å². The van der Waals surface area contributed by atoms with E-state index in [2.05, 4.69) is 80.4 Å². The average Bonchev–Trinajstić information content (AvgIpc) is 3.47. The second-order valence-electron chi connectivity index (χ2n) is 10.4. The molecule has 6 rings (SSSR count). The van der Waals surface area contributed by atoms with Crippen LogP contribution in [0.3, 0.4) is 0 Å². The van der Waals surface area contributed by atoms with E-state index in [0.717, 1.165) is 46.2 Å². The molecular formula is C30H37N7OS2. The molecule has 2 aromatic heterocycles. The fourth-order valence-corrected chi connectivity index (χ4v) is 6.99. The van der Waals surface area contributed by atoms with Gasteiger partial charge in [-0.25, -0.2) is 4.98 Å². The molecule has 2 N–H and O–H groups in total. The first kappa shape index (κ1) is 27.1. The highest BCUT2D eigenvalue weighted by Crippen LogP contribution is 2.36. The summed E-state index contributed by atoms with van der Waals surface area (Å²) in [5.41, 5.74) is 3.99. The summed E-state index contributed by atoms with van der Waals surface area (Å²) in [4.78, 5) is 18.4. The zero-order valence-corrected chi connectivity index (χ0v) is 25.0. The van der Waals surface area contributed by atoms with E-state index in [1.807, 2.05) is 12.1 Å². The number of anilines is 5. The Morgan fingerprint density at radius 1 is 0.925 bits per heavy atom. The summed E-state index contributed by atoms with van der Waals surface area (Å²) >= 11 is 3.35. The van der Waals surface area contributed by atoms with E-state index >= 15 is 0 Å². The highest BCUT2D eigenvalue weighted by atomic mass is 32.2. The number of hydrogen-bond acceptors (Lipinski definition) is 10. The lowest BCUT2D eigenvalue weighted by Crippen LogP contribution is -2.52. The summed E-state index contributed by atoms with van der Waals surface area (Å²) in [5, 5.41) is 9.02. The van der Waals surface area contributed by atoms with Crippen molar-refractivity contribution in [3.63, 3.8) is 0 Å². The number of piperidine rings is 1. The summed E-state index contributed by atoms with van der Waals surface area (Å²) in [7, 11) is 3.94. The number of rotatable bonds is 8. The molecule has 0 saturated carbocycles. The molecule has 2 saturated heterocycles. The second-order valence-corrected chi connectivity index (χ2v) is 12.2. The van der Waals surface area contributed by atoms with Gasteiger partial charge in [0.15, 0.2) is 5.82 Å². The summed E-state index contributed by atoms with van der Waals surface area (Å²) in [6.07, 6.45) is 4.49. The largest absolute Gasteiger partial charge is 0.494 e. The van der Waals surface area contributed by atoms with Crippen LogP contribution < -0.4 is 20.3 Å². The molecular weight excluding hydrogens is 539 g/mol. The average molecular weight is 576 g/mol. The molecule has 0 amide bonds. The van der Waals surface area contributed by atoms with Crippen LogP contribution in [0.2, 0.25) is 0 Å². The maximum absolute atomic E-state index is 5.83. The number of aromatic nitrogens is 2. The van der Waals surface area contributed by atoms with Gasteiger partial charge in [0.2, 0.25) is 5.95 Å². The maximum Gasteiger partial charge on any atom is 0.229 e. The molecule has 2 fully saturated rings. The summed E-state index contributed by atoms with van der Waals surface area (Å²) < 4.78 is 6.86. The van der Waals surface area contributed by atoms with Crippen molar-refractivity contribution in [2.75, 3.05) is 75.2 Å². The van der Waals surface area contributed by atoms with Gasteiger partial charge in [-0.2, -0.15) is 4.98 Å². The van der Waals surface area contributed by atoms with E-state index in [4.69, 9.17) is 14.7 Å². The van der Waals surface area contributed by atoms with E-state index in [1.54, 1.807) is 30.2 Å². The number of likely N-dealkylation sites (N-methyl/N-ethyl adjacent to an activating group) is 1. The Labute approximate surface area is 244 Å². The Hall–Kier alpha value is -3.05. The number of fused-ring (bicyclic) bond motifs is 1. The lowest BCUT2D eigenvalue weighted by molar-refractivity contribution is 0.0982. The van der Waals surface area contributed by atoms with Gasteiger partial charge < -0.3 is 25.2 Å². The van der Waals surface area contributed by atoms with Crippen molar-refractivity contribution < 1.29 is 4.74 Å². The number of piperazine rings is 1. The third kappa shape index (κ3) is 5.85. The highest BCUT2D eigenvalue weighted by molar-refractivity contribution is 7.98. The second kappa shape index (κ2) is 12.2. The minimum Gasteiger partial charge on any atom is -0.494 e. The van der Waals surface area contributed by atoms with Gasteiger partial charge in [0.25, 0.3) is 0 Å². The Kier molecular flexibility index (Phi) is 8.29. The Morgan fingerprint density at radius 3 is 2.50 bits per heavy atom. The number of nitrogens with zero attached hydrogens (tertiary/aromatic N) is 5. The van der Waals surface area contributed by atoms with Gasteiger partial charge in [0, 0.05) is 62.0 Å². The van der Waals surface area contributed by atoms with Gasteiger partial charge in [-0.15, -0.1) is 23.1 Å². The fraction of sp³-hybridized carbons (Fsp3) is 0.400. The molecule has 2 aliphatic rings. The summed E-state index contributed by atoms with van der Waals surface area (Å²) in [5.74, 6) is 2.12. The number of ether oxygens (including phenoxy) is 1. The van der Waals surface area contributed by atoms with E-state index in [0.29, 0.717) is 12.0 Å². The van der Waals surface area contributed by atoms with Crippen molar-refractivity contribution in [3.8, 4) is 5.75 Å². The SMILES string of the molecule is COc1cc(N2CCC(N3CCN(C)CC3)CC2)ccc1Nc1nc(Nc2ccccc2SC)c2sccc2n1. The van der Waals surface area contributed by atoms with Crippen molar-refractivity contribution in [1.29, 1.82) is 0 Å². The van der Waals surface area contributed by atoms with E-state index < -0.39 is 0 Å². The third-order valence-corrected chi connectivity index (χ3v) is 9.69. The molecule has 2 aliphatic heterocycles. The normalized spacial score (nSPS) is 17.3. The first-order valence-corrected chi connectivity index (χ1v) is 16.0. The molecule has 4 heterocycles. The van der Waals surface area contributed by atoms with E-state index in [-0.39, 0.29) is 0 Å². The van der Waals surface area contributed by atoms with Crippen molar-refractivity contribution in [2.45, 2.75) is 23.8 Å². The molecule has 0 spiro atoms. The molecule has 4 aromatic rings. The zero-order valence-electron chi connectivity index (χ0n) is 23.4. The highest BCUT2D eigenvalue weighted by Gasteiger charge is 2.27. The first-order valence-electron chi connectivity index (χ1n) is 13.9. The van der Waals surface area contributed by atoms with Gasteiger partial charge in [0.05, 0.1) is 28.7 Å². The number of para-hydroxylation sites is 1. The standard InChI is InChI=1S/C30H37N7OS2/c1-35-15-17-37(18-16-35)21-10-13-36(14-11-21)22-8-9-23(26(20-22)38-2)32-30-33-25-12-19-40-28(25)29(34-30)31-24-6-4-5-7-27(24)39-3/h4-9,12,19-21H,10-11,13-18H2,1-3H3,(H2,31,32,33,34). The lowest BCUT2D eigenvalue weighted by atomic mass is 10.0. The predicted molar refractivity (Wildman–Crippen MR) is 170 cm³/mol. The molecule has 0 aliphatic carbocycles. The number of methoxy groups -OCH3 is 1.